The minimum atomic E-state index is -0.430. The van der Waals surface area contributed by atoms with Crippen LogP contribution in [-0.4, -0.2) is 34.7 Å². The summed E-state index contributed by atoms with van der Waals surface area (Å²) in [4.78, 5) is 42.5. The molecule has 0 saturated carbocycles. The summed E-state index contributed by atoms with van der Waals surface area (Å²) in [5.74, 6) is 0. The number of H-pyrrole nitrogens is 3. The molecule has 0 bridgehead atoms. The minimum Gasteiger partial charge on any atom is -0.361 e. The van der Waals surface area contributed by atoms with E-state index in [1.807, 2.05) is 18.2 Å². The number of nitro groups is 3. The van der Waals surface area contributed by atoms with Crippen LogP contribution in [0.2, 0.25) is 0 Å². The number of fused-ring (bicyclic) bond motifs is 3. The van der Waals surface area contributed by atoms with Gasteiger partial charge in [0.1, 0.15) is 5.52 Å². The highest BCUT2D eigenvalue weighted by atomic mass is 16.6. The summed E-state index contributed by atoms with van der Waals surface area (Å²) in [5, 5.41) is 32.9. The summed E-state index contributed by atoms with van der Waals surface area (Å²) in [5.41, 5.74) is 3.25. The molecule has 6 aromatic rings. The van der Waals surface area contributed by atoms with Crippen LogP contribution in [0, 0.1) is 30.3 Å². The SMILES string of the molecule is O=[N+]([O-])c1ccc2[nH]ccc2c1.O=[N+]([O-])c1ccc2nc[nH]c2c1.O=[N+]([O-])c1cccc2cc[nH]c12. The van der Waals surface area contributed by atoms with Crippen molar-refractivity contribution in [2.75, 3.05) is 0 Å². The van der Waals surface area contributed by atoms with E-state index in [1.54, 1.807) is 36.7 Å². The fourth-order valence-corrected chi connectivity index (χ4v) is 3.41. The number of nitrogens with one attached hydrogen (secondary N) is 3. The summed E-state index contributed by atoms with van der Waals surface area (Å²) in [6.07, 6.45) is 4.96. The van der Waals surface area contributed by atoms with Gasteiger partial charge in [0.2, 0.25) is 0 Å². The number of non-ortho nitro benzene ring substituents is 3. The van der Waals surface area contributed by atoms with Crippen LogP contribution in [0.3, 0.4) is 0 Å². The van der Waals surface area contributed by atoms with E-state index in [0.717, 1.165) is 21.8 Å². The second-order valence-corrected chi connectivity index (χ2v) is 7.34. The normalized spacial score (nSPS) is 10.3. The molecule has 0 atom stereocenters. The number of hydrogen-bond donors (Lipinski definition) is 3. The van der Waals surface area contributed by atoms with Gasteiger partial charge in [-0.05, 0) is 24.3 Å². The Kier molecular flexibility index (Phi) is 6.63. The Morgan fingerprint density at radius 3 is 2.08 bits per heavy atom. The van der Waals surface area contributed by atoms with Gasteiger partial charge in [0, 0.05) is 59.0 Å². The van der Waals surface area contributed by atoms with Crippen LogP contribution in [0.4, 0.5) is 17.1 Å². The Balaban J connectivity index is 0.000000127. The molecule has 0 aliphatic heterocycles. The first-order valence-electron chi connectivity index (χ1n) is 10.3. The molecule has 0 unspecified atom stereocenters. The van der Waals surface area contributed by atoms with Crippen molar-refractivity contribution in [2.24, 2.45) is 0 Å². The zero-order valence-corrected chi connectivity index (χ0v) is 18.3. The van der Waals surface area contributed by atoms with Crippen LogP contribution < -0.4 is 0 Å². The van der Waals surface area contributed by atoms with E-state index in [1.165, 1.54) is 30.6 Å². The molecule has 36 heavy (non-hydrogen) atoms. The van der Waals surface area contributed by atoms with Crippen molar-refractivity contribution in [3.63, 3.8) is 0 Å². The molecule has 0 radical (unpaired) electrons. The molecular formula is C23H17N7O6. The van der Waals surface area contributed by atoms with Crippen molar-refractivity contribution in [1.29, 1.82) is 0 Å². The van der Waals surface area contributed by atoms with Gasteiger partial charge in [-0.1, -0.05) is 12.1 Å². The first-order valence-corrected chi connectivity index (χ1v) is 10.3. The number of benzene rings is 3. The molecule has 6 rings (SSSR count). The smallest absolute Gasteiger partial charge is 0.293 e. The van der Waals surface area contributed by atoms with Gasteiger partial charge in [-0.3, -0.25) is 30.3 Å². The molecule has 13 heteroatoms. The number of para-hydroxylation sites is 1. The van der Waals surface area contributed by atoms with Crippen LogP contribution in [-0.2, 0) is 0 Å². The molecule has 180 valence electrons. The molecule has 0 aliphatic rings. The van der Waals surface area contributed by atoms with Crippen LogP contribution >= 0.6 is 0 Å². The third-order valence-electron chi connectivity index (χ3n) is 5.12. The maximum Gasteiger partial charge on any atom is 0.293 e. The van der Waals surface area contributed by atoms with Crippen molar-refractivity contribution in [3.05, 3.63) is 116 Å². The van der Waals surface area contributed by atoms with Crippen molar-refractivity contribution in [1.82, 2.24) is 19.9 Å². The summed E-state index contributed by atoms with van der Waals surface area (Å²) in [6.45, 7) is 0. The molecule has 0 saturated heterocycles. The Bertz CT molecular complexity index is 1620. The predicted octanol–water partition coefficient (Wildman–Crippen LogP) is 5.62. The quantitative estimate of drug-likeness (QED) is 0.213. The molecule has 3 N–H and O–H groups in total. The number of hydrogen-bond acceptors (Lipinski definition) is 7. The molecule has 3 aromatic heterocycles. The lowest BCUT2D eigenvalue weighted by Gasteiger charge is -1.91. The lowest BCUT2D eigenvalue weighted by Crippen LogP contribution is -1.88. The lowest BCUT2D eigenvalue weighted by molar-refractivity contribution is -0.384. The largest absolute Gasteiger partial charge is 0.361 e. The Labute approximate surface area is 200 Å². The number of aromatic nitrogens is 4. The highest BCUT2D eigenvalue weighted by Gasteiger charge is 2.10. The molecule has 3 heterocycles. The molecule has 3 aromatic carbocycles. The summed E-state index contributed by atoms with van der Waals surface area (Å²) >= 11 is 0. The van der Waals surface area contributed by atoms with E-state index in [4.69, 9.17) is 0 Å². The molecule has 0 amide bonds. The number of nitrogens with zero attached hydrogens (tertiary/aromatic N) is 4. The van der Waals surface area contributed by atoms with Crippen molar-refractivity contribution < 1.29 is 14.8 Å². The highest BCUT2D eigenvalue weighted by Crippen LogP contribution is 2.23. The number of nitro benzene ring substituents is 3. The average Bonchev–Trinajstić information content (AvgIpc) is 3.63. The number of imidazole rings is 1. The Hall–Kier alpha value is -5.59. The summed E-state index contributed by atoms with van der Waals surface area (Å²) in [7, 11) is 0. The van der Waals surface area contributed by atoms with Crippen molar-refractivity contribution >= 4 is 49.9 Å². The van der Waals surface area contributed by atoms with E-state index in [2.05, 4.69) is 19.9 Å². The zero-order chi connectivity index (χ0) is 25.7. The van der Waals surface area contributed by atoms with Gasteiger partial charge in [-0.25, -0.2) is 4.98 Å². The third kappa shape index (κ3) is 5.14. The van der Waals surface area contributed by atoms with E-state index in [9.17, 15) is 30.3 Å². The van der Waals surface area contributed by atoms with Crippen LogP contribution in [0.15, 0.2) is 85.5 Å². The predicted molar refractivity (Wildman–Crippen MR) is 133 cm³/mol. The van der Waals surface area contributed by atoms with Gasteiger partial charge < -0.3 is 15.0 Å². The second kappa shape index (κ2) is 10.1. The molecule has 0 aliphatic carbocycles. The number of rotatable bonds is 3. The second-order valence-electron chi connectivity index (χ2n) is 7.34. The van der Waals surface area contributed by atoms with E-state index in [0.29, 0.717) is 11.0 Å². The topological polar surface area (TPSA) is 190 Å². The van der Waals surface area contributed by atoms with Gasteiger partial charge >= 0.3 is 0 Å². The first kappa shape index (κ1) is 23.6. The third-order valence-corrected chi connectivity index (χ3v) is 5.12. The van der Waals surface area contributed by atoms with Gasteiger partial charge in [0.05, 0.1) is 32.1 Å². The number of aromatic amines is 3. The van der Waals surface area contributed by atoms with E-state index >= 15 is 0 Å². The van der Waals surface area contributed by atoms with Crippen molar-refractivity contribution in [2.45, 2.75) is 0 Å². The maximum absolute atomic E-state index is 10.5. The minimum absolute atomic E-state index is 0.0757. The monoisotopic (exact) mass is 487 g/mol. The van der Waals surface area contributed by atoms with Crippen LogP contribution in [0.25, 0.3) is 32.8 Å². The van der Waals surface area contributed by atoms with Crippen LogP contribution in [0.5, 0.6) is 0 Å². The molecule has 0 spiro atoms. The lowest BCUT2D eigenvalue weighted by atomic mass is 10.2. The highest BCUT2D eigenvalue weighted by molar-refractivity contribution is 5.87. The Morgan fingerprint density at radius 2 is 1.33 bits per heavy atom. The molecular weight excluding hydrogens is 470 g/mol. The van der Waals surface area contributed by atoms with Gasteiger partial charge in [-0.15, -0.1) is 0 Å². The fraction of sp³-hybridized carbons (Fsp3) is 0. The summed E-state index contributed by atoms with van der Waals surface area (Å²) < 4.78 is 0. The molecule has 13 nitrogen and oxygen atoms in total. The van der Waals surface area contributed by atoms with Crippen LogP contribution in [0.1, 0.15) is 0 Å². The molecule has 0 fully saturated rings. The maximum atomic E-state index is 10.5. The summed E-state index contributed by atoms with van der Waals surface area (Å²) in [6, 6.07) is 17.9. The van der Waals surface area contributed by atoms with E-state index < -0.39 is 14.8 Å². The fourth-order valence-electron chi connectivity index (χ4n) is 3.41. The first-order chi connectivity index (χ1) is 17.3. The van der Waals surface area contributed by atoms with Gasteiger partial charge in [0.25, 0.3) is 17.1 Å². The van der Waals surface area contributed by atoms with E-state index in [-0.39, 0.29) is 17.1 Å². The zero-order valence-electron chi connectivity index (χ0n) is 18.3. The van der Waals surface area contributed by atoms with Crippen molar-refractivity contribution in [3.8, 4) is 0 Å². The Morgan fingerprint density at radius 1 is 0.639 bits per heavy atom. The standard InChI is InChI=1S/2C8H6N2O2.C7H5N3O2/c11-10(12)7-1-2-8-6(5-7)3-4-9-8;11-10(12)7-3-1-2-6-4-5-9-8(6)7;11-10(12)5-1-2-6-7(3-5)9-4-8-6/h2*1-5,9H;1-4H,(H,8,9). The van der Waals surface area contributed by atoms with Gasteiger partial charge in [0.15, 0.2) is 0 Å². The van der Waals surface area contributed by atoms with Gasteiger partial charge in [-0.2, -0.15) is 0 Å². The average molecular weight is 487 g/mol.